The number of hydrogen-bond acceptors (Lipinski definition) is 1. The van der Waals surface area contributed by atoms with Crippen molar-refractivity contribution in [1.82, 2.24) is 0 Å². The van der Waals surface area contributed by atoms with Crippen molar-refractivity contribution < 1.29 is 0 Å². The highest BCUT2D eigenvalue weighted by Crippen LogP contribution is 2.21. The highest BCUT2D eigenvalue weighted by Gasteiger charge is 1.98. The molecule has 0 saturated heterocycles. The lowest BCUT2D eigenvalue weighted by molar-refractivity contribution is 1.45. The van der Waals surface area contributed by atoms with Crippen LogP contribution in [0.5, 0.6) is 0 Å². The molecule has 0 fully saturated rings. The second-order valence-electron chi connectivity index (χ2n) is 6.05. The molecule has 0 aromatic heterocycles. The van der Waals surface area contributed by atoms with Gasteiger partial charge in [0.05, 0.1) is 0 Å². The van der Waals surface area contributed by atoms with Gasteiger partial charge in [-0.3, -0.25) is 0 Å². The van der Waals surface area contributed by atoms with Gasteiger partial charge in [0.15, 0.2) is 0 Å². The van der Waals surface area contributed by atoms with Crippen LogP contribution in [0.3, 0.4) is 0 Å². The van der Waals surface area contributed by atoms with Gasteiger partial charge in [0.2, 0.25) is 0 Å². The summed E-state index contributed by atoms with van der Waals surface area (Å²) in [7, 11) is 0. The summed E-state index contributed by atoms with van der Waals surface area (Å²) in [5.41, 5.74) is 5.85. The summed E-state index contributed by atoms with van der Waals surface area (Å²) in [5, 5.41) is 3.40. The number of aryl methyl sites for hydroxylation is 1. The Bertz CT molecular complexity index is 829. The highest BCUT2D eigenvalue weighted by molar-refractivity contribution is 5.75. The van der Waals surface area contributed by atoms with Gasteiger partial charge in [0.1, 0.15) is 0 Å². The molecule has 0 radical (unpaired) electrons. The van der Waals surface area contributed by atoms with Crippen LogP contribution in [0.25, 0.3) is 5.57 Å². The number of rotatable bonds is 7. The minimum atomic E-state index is 1.09. The minimum Gasteiger partial charge on any atom is -0.356 e. The Kier molecular flexibility index (Phi) is 15.8. The number of anilines is 2. The fourth-order valence-electron chi connectivity index (χ4n) is 2.33. The molecule has 0 aliphatic heterocycles. The smallest absolute Gasteiger partial charge is 0.0384 e. The molecular formula is C29H37N. The molecule has 1 nitrogen and oxygen atoms in total. The number of nitrogens with one attached hydrogen (secondary N) is 1. The Morgan fingerprint density at radius 3 is 1.73 bits per heavy atom. The first-order chi connectivity index (χ1) is 14.6. The number of allylic oxidation sites excluding steroid dienone is 10. The molecule has 30 heavy (non-hydrogen) atoms. The minimum absolute atomic E-state index is 1.09. The van der Waals surface area contributed by atoms with E-state index in [4.69, 9.17) is 0 Å². The van der Waals surface area contributed by atoms with Crippen LogP contribution < -0.4 is 5.32 Å². The summed E-state index contributed by atoms with van der Waals surface area (Å²) in [6.45, 7) is 17.3. The Morgan fingerprint density at radius 2 is 1.27 bits per heavy atom. The molecule has 0 atom stereocenters. The first-order valence-corrected chi connectivity index (χ1v) is 10.4. The van der Waals surface area contributed by atoms with Crippen molar-refractivity contribution in [2.45, 2.75) is 34.6 Å². The Hall–Kier alpha value is -3.32. The van der Waals surface area contributed by atoms with Gasteiger partial charge in [-0.05, 0) is 56.2 Å². The molecule has 0 unspecified atom stereocenters. The molecular weight excluding hydrogens is 362 g/mol. The zero-order chi connectivity index (χ0) is 22.6. The molecule has 0 spiro atoms. The van der Waals surface area contributed by atoms with Gasteiger partial charge in [0, 0.05) is 11.4 Å². The van der Waals surface area contributed by atoms with Crippen molar-refractivity contribution in [3.8, 4) is 0 Å². The van der Waals surface area contributed by atoms with Crippen molar-refractivity contribution in [1.29, 1.82) is 0 Å². The molecule has 0 amide bonds. The molecule has 0 aliphatic rings. The predicted octanol–water partition coefficient (Wildman–Crippen LogP) is 9.22. The van der Waals surface area contributed by atoms with E-state index in [1.165, 1.54) is 16.7 Å². The van der Waals surface area contributed by atoms with Crippen molar-refractivity contribution in [2.75, 3.05) is 5.32 Å². The first-order valence-electron chi connectivity index (χ1n) is 10.4. The molecule has 0 heterocycles. The van der Waals surface area contributed by atoms with E-state index < -0.39 is 0 Å². The average Bonchev–Trinajstić information content (AvgIpc) is 2.79. The van der Waals surface area contributed by atoms with Crippen LogP contribution >= 0.6 is 0 Å². The van der Waals surface area contributed by atoms with E-state index >= 15 is 0 Å². The third-order valence-electron chi connectivity index (χ3n) is 3.83. The van der Waals surface area contributed by atoms with E-state index in [-0.39, 0.29) is 0 Å². The van der Waals surface area contributed by atoms with Gasteiger partial charge in [-0.1, -0.05) is 112 Å². The molecule has 0 saturated carbocycles. The highest BCUT2D eigenvalue weighted by atomic mass is 14.9. The molecule has 0 bridgehead atoms. The first kappa shape index (κ1) is 26.7. The van der Waals surface area contributed by atoms with Crippen LogP contribution in [0.1, 0.15) is 38.8 Å². The SMILES string of the molecule is C=C/C=C\C(=C/C)c1ccc(Nc2ccc(C)cc2)cc1.C=C/C=C\C=C/C.CC. The largest absolute Gasteiger partial charge is 0.356 e. The van der Waals surface area contributed by atoms with Crippen molar-refractivity contribution in [3.63, 3.8) is 0 Å². The topological polar surface area (TPSA) is 12.0 Å². The fraction of sp³-hybridized carbons (Fsp3) is 0.172. The molecule has 158 valence electrons. The second kappa shape index (κ2) is 17.8. The monoisotopic (exact) mass is 399 g/mol. The van der Waals surface area contributed by atoms with Gasteiger partial charge in [0.25, 0.3) is 0 Å². The van der Waals surface area contributed by atoms with E-state index in [0.29, 0.717) is 0 Å². The molecule has 0 aliphatic carbocycles. The maximum absolute atomic E-state index is 3.70. The van der Waals surface area contributed by atoms with Gasteiger partial charge in [-0.2, -0.15) is 0 Å². The van der Waals surface area contributed by atoms with Gasteiger partial charge in [-0.25, -0.2) is 0 Å². The van der Waals surface area contributed by atoms with E-state index in [1.807, 2.05) is 58.1 Å². The van der Waals surface area contributed by atoms with Crippen LogP contribution in [0, 0.1) is 6.92 Å². The van der Waals surface area contributed by atoms with Crippen LogP contribution in [0.15, 0.2) is 116 Å². The van der Waals surface area contributed by atoms with Crippen LogP contribution in [-0.4, -0.2) is 0 Å². The Balaban J connectivity index is 0.000000795. The third kappa shape index (κ3) is 11.5. The van der Waals surface area contributed by atoms with E-state index in [1.54, 1.807) is 12.2 Å². The summed E-state index contributed by atoms with van der Waals surface area (Å²) in [6, 6.07) is 16.8. The normalized spacial score (nSPS) is 10.9. The lowest BCUT2D eigenvalue weighted by atomic mass is 10.0. The van der Waals surface area contributed by atoms with Gasteiger partial charge < -0.3 is 5.32 Å². The number of benzene rings is 2. The predicted molar refractivity (Wildman–Crippen MR) is 139 cm³/mol. The zero-order valence-corrected chi connectivity index (χ0v) is 19.2. The number of hydrogen-bond donors (Lipinski definition) is 1. The molecule has 2 aromatic rings. The maximum atomic E-state index is 3.70. The van der Waals surface area contributed by atoms with E-state index in [9.17, 15) is 0 Å². The summed E-state index contributed by atoms with van der Waals surface area (Å²) >= 11 is 0. The van der Waals surface area contributed by atoms with Crippen molar-refractivity contribution in [3.05, 3.63) is 127 Å². The summed E-state index contributed by atoms with van der Waals surface area (Å²) < 4.78 is 0. The fourth-order valence-corrected chi connectivity index (χ4v) is 2.33. The summed E-state index contributed by atoms with van der Waals surface area (Å²) in [4.78, 5) is 0. The van der Waals surface area contributed by atoms with Crippen LogP contribution in [0.4, 0.5) is 11.4 Å². The molecule has 2 aromatic carbocycles. The van der Waals surface area contributed by atoms with Crippen LogP contribution in [0.2, 0.25) is 0 Å². The van der Waals surface area contributed by atoms with Crippen molar-refractivity contribution in [2.24, 2.45) is 0 Å². The van der Waals surface area contributed by atoms with Gasteiger partial charge >= 0.3 is 0 Å². The molecule has 2 rings (SSSR count). The van der Waals surface area contributed by atoms with Gasteiger partial charge in [-0.15, -0.1) is 0 Å². The zero-order valence-electron chi connectivity index (χ0n) is 19.2. The third-order valence-corrected chi connectivity index (χ3v) is 3.83. The van der Waals surface area contributed by atoms with Crippen LogP contribution in [-0.2, 0) is 0 Å². The summed E-state index contributed by atoms with van der Waals surface area (Å²) in [6.07, 6.45) is 17.4. The second-order valence-corrected chi connectivity index (χ2v) is 6.05. The average molecular weight is 400 g/mol. The van der Waals surface area contributed by atoms with E-state index in [2.05, 4.69) is 86.1 Å². The van der Waals surface area contributed by atoms with Crippen molar-refractivity contribution >= 4 is 16.9 Å². The van der Waals surface area contributed by atoms with E-state index in [0.717, 1.165) is 11.4 Å². The maximum Gasteiger partial charge on any atom is 0.0384 e. The lowest BCUT2D eigenvalue weighted by Crippen LogP contribution is -1.90. The molecule has 1 heteroatoms. The quantitative estimate of drug-likeness (QED) is 0.457. The lowest BCUT2D eigenvalue weighted by Gasteiger charge is -2.08. The molecule has 1 N–H and O–H groups in total. The Labute approximate surface area is 184 Å². The Morgan fingerprint density at radius 1 is 0.733 bits per heavy atom. The standard InChI is InChI=1S/C20H21N.C7H10.C2H6/c1-4-6-7-17(5-2)18-10-14-20(15-11-18)21-19-12-8-16(3)9-13-19;1-3-5-7-6-4-2;1-2/h4-15,21H,1H2,2-3H3;3-7H,1H2,2H3;1-2H3/b7-6-,17-5+;6-4-,7-5-;. The summed E-state index contributed by atoms with van der Waals surface area (Å²) in [5.74, 6) is 0.